The van der Waals surface area contributed by atoms with Gasteiger partial charge in [-0.1, -0.05) is 6.07 Å². The molecule has 2 rings (SSSR count). The highest BCUT2D eigenvalue weighted by molar-refractivity contribution is 5.87. The summed E-state index contributed by atoms with van der Waals surface area (Å²) in [5.41, 5.74) is 1.52. The molecule has 0 atom stereocenters. The maximum Gasteiger partial charge on any atom is 0.356 e. The fraction of sp³-hybridized carbons (Fsp3) is 0.333. The van der Waals surface area contributed by atoms with E-state index >= 15 is 0 Å². The first-order valence-electron chi connectivity index (χ1n) is 4.13. The van der Waals surface area contributed by atoms with Gasteiger partial charge in [-0.05, 0) is 18.1 Å². The zero-order valence-electron chi connectivity index (χ0n) is 7.74. The molecule has 0 aromatic carbocycles. The fourth-order valence-electron chi connectivity index (χ4n) is 1.38. The molecule has 1 aliphatic rings. The summed E-state index contributed by atoms with van der Waals surface area (Å²) in [6.07, 6.45) is 0.976. The average molecular weight is 215 g/mol. The topological polar surface area (TPSA) is 51.2 Å². The molecule has 1 N–H and O–H groups in total. The Bertz CT molecular complexity index is 355. The summed E-state index contributed by atoms with van der Waals surface area (Å²) in [6.45, 7) is 0.896. The van der Waals surface area contributed by atoms with E-state index in [0.717, 1.165) is 24.3 Å². The van der Waals surface area contributed by atoms with Crippen LogP contribution in [-0.4, -0.2) is 24.6 Å². The van der Waals surface area contributed by atoms with Gasteiger partial charge in [0.25, 0.3) is 0 Å². The van der Waals surface area contributed by atoms with E-state index in [-0.39, 0.29) is 12.4 Å². The van der Waals surface area contributed by atoms with Crippen LogP contribution in [0.3, 0.4) is 0 Å². The molecule has 2 heterocycles. The number of anilines is 1. The number of methoxy groups -OCH3 is 1. The second kappa shape index (κ2) is 4.28. The number of nitrogens with zero attached hydrogens (tertiary/aromatic N) is 1. The van der Waals surface area contributed by atoms with Gasteiger partial charge in [-0.15, -0.1) is 12.4 Å². The molecule has 1 aliphatic heterocycles. The summed E-state index contributed by atoms with van der Waals surface area (Å²) in [5.74, 6) is 0.416. The van der Waals surface area contributed by atoms with E-state index < -0.39 is 5.97 Å². The third kappa shape index (κ3) is 1.80. The van der Waals surface area contributed by atoms with Crippen LogP contribution in [0.5, 0.6) is 0 Å². The molecule has 0 amide bonds. The van der Waals surface area contributed by atoms with E-state index in [1.165, 1.54) is 7.11 Å². The van der Waals surface area contributed by atoms with Crippen molar-refractivity contribution < 1.29 is 9.53 Å². The number of carbonyl (C=O) groups is 1. The van der Waals surface area contributed by atoms with Gasteiger partial charge in [-0.25, -0.2) is 9.78 Å². The molecule has 4 nitrogen and oxygen atoms in total. The maximum absolute atomic E-state index is 11.1. The molecule has 5 heteroatoms. The lowest BCUT2D eigenvalue weighted by atomic mass is 10.2. The standard InChI is InChI=1S/C9H10N2O2.ClH/c1-13-9(12)7-3-2-6-4-5-10-8(6)11-7;/h2-3H,4-5H2,1H3,(H,10,11);1H. The van der Waals surface area contributed by atoms with Crippen LogP contribution in [0, 0.1) is 0 Å². The van der Waals surface area contributed by atoms with E-state index in [4.69, 9.17) is 0 Å². The lowest BCUT2D eigenvalue weighted by Crippen LogP contribution is -2.05. The number of hydrogen-bond acceptors (Lipinski definition) is 4. The van der Waals surface area contributed by atoms with E-state index in [1.807, 2.05) is 6.07 Å². The van der Waals surface area contributed by atoms with Crippen molar-refractivity contribution >= 4 is 24.2 Å². The Morgan fingerprint density at radius 2 is 2.36 bits per heavy atom. The first kappa shape index (κ1) is 10.8. The van der Waals surface area contributed by atoms with Gasteiger partial charge in [-0.3, -0.25) is 0 Å². The van der Waals surface area contributed by atoms with Gasteiger partial charge in [-0.2, -0.15) is 0 Å². The number of hydrogen-bond donors (Lipinski definition) is 1. The highest BCUT2D eigenvalue weighted by Gasteiger charge is 2.14. The molecule has 0 saturated heterocycles. The monoisotopic (exact) mass is 214 g/mol. The number of halogens is 1. The molecule has 14 heavy (non-hydrogen) atoms. The van der Waals surface area contributed by atoms with Crippen LogP contribution in [0.1, 0.15) is 16.1 Å². The summed E-state index contributed by atoms with van der Waals surface area (Å²) in [6, 6.07) is 3.60. The van der Waals surface area contributed by atoms with Crippen LogP contribution in [-0.2, 0) is 11.2 Å². The first-order valence-corrected chi connectivity index (χ1v) is 4.13. The van der Waals surface area contributed by atoms with Gasteiger partial charge >= 0.3 is 5.97 Å². The Morgan fingerprint density at radius 1 is 1.57 bits per heavy atom. The summed E-state index contributed by atoms with van der Waals surface area (Å²) in [7, 11) is 1.35. The van der Waals surface area contributed by atoms with Crippen molar-refractivity contribution in [3.63, 3.8) is 0 Å². The number of pyridine rings is 1. The van der Waals surface area contributed by atoms with Gasteiger partial charge < -0.3 is 10.1 Å². The van der Waals surface area contributed by atoms with Crippen LogP contribution < -0.4 is 5.32 Å². The molecule has 0 bridgehead atoms. The van der Waals surface area contributed by atoms with Crippen molar-refractivity contribution in [3.05, 3.63) is 23.4 Å². The van der Waals surface area contributed by atoms with E-state index in [2.05, 4.69) is 15.0 Å². The quantitative estimate of drug-likeness (QED) is 0.716. The summed E-state index contributed by atoms with van der Waals surface area (Å²) in [5, 5.41) is 3.10. The molecule has 0 spiro atoms. The molecular weight excluding hydrogens is 204 g/mol. The van der Waals surface area contributed by atoms with Crippen LogP contribution in [0.4, 0.5) is 5.82 Å². The summed E-state index contributed by atoms with van der Waals surface area (Å²) >= 11 is 0. The average Bonchev–Trinajstić information content (AvgIpc) is 2.63. The van der Waals surface area contributed by atoms with Gasteiger partial charge in [0, 0.05) is 6.54 Å². The Morgan fingerprint density at radius 3 is 3.07 bits per heavy atom. The van der Waals surface area contributed by atoms with Crippen molar-refractivity contribution in [1.29, 1.82) is 0 Å². The normalized spacial score (nSPS) is 12.4. The smallest absolute Gasteiger partial charge is 0.356 e. The van der Waals surface area contributed by atoms with Crippen LogP contribution in [0.2, 0.25) is 0 Å². The van der Waals surface area contributed by atoms with Gasteiger partial charge in [0.15, 0.2) is 5.69 Å². The highest BCUT2D eigenvalue weighted by atomic mass is 35.5. The number of carbonyl (C=O) groups excluding carboxylic acids is 1. The first-order chi connectivity index (χ1) is 6.31. The molecule has 0 aliphatic carbocycles. The van der Waals surface area contributed by atoms with Crippen molar-refractivity contribution in [2.24, 2.45) is 0 Å². The molecule has 0 saturated carbocycles. The fourth-order valence-corrected chi connectivity index (χ4v) is 1.38. The summed E-state index contributed by atoms with van der Waals surface area (Å²) in [4.78, 5) is 15.2. The van der Waals surface area contributed by atoms with E-state index in [9.17, 15) is 4.79 Å². The van der Waals surface area contributed by atoms with Crippen molar-refractivity contribution in [2.75, 3.05) is 19.0 Å². The zero-order chi connectivity index (χ0) is 9.26. The van der Waals surface area contributed by atoms with Crippen molar-refractivity contribution in [2.45, 2.75) is 6.42 Å². The number of nitrogens with one attached hydrogen (secondary N) is 1. The Balaban J connectivity index is 0.000000980. The van der Waals surface area contributed by atoms with Gasteiger partial charge in [0.05, 0.1) is 7.11 Å². The predicted molar refractivity (Wildman–Crippen MR) is 55.0 cm³/mol. The minimum absolute atomic E-state index is 0. The molecule has 0 fully saturated rings. The predicted octanol–water partition coefficient (Wildman–Crippen LogP) is 1.26. The Kier molecular flexibility index (Phi) is 3.30. The Hall–Kier alpha value is -1.29. The number of esters is 1. The van der Waals surface area contributed by atoms with Crippen LogP contribution in [0.25, 0.3) is 0 Å². The van der Waals surface area contributed by atoms with E-state index in [0.29, 0.717) is 5.69 Å². The second-order valence-corrected chi connectivity index (χ2v) is 2.87. The lowest BCUT2D eigenvalue weighted by Gasteiger charge is -2.01. The molecule has 1 aromatic heterocycles. The maximum atomic E-state index is 11.1. The van der Waals surface area contributed by atoms with Crippen molar-refractivity contribution in [3.8, 4) is 0 Å². The summed E-state index contributed by atoms with van der Waals surface area (Å²) < 4.78 is 4.57. The zero-order valence-corrected chi connectivity index (χ0v) is 8.56. The molecular formula is C9H11ClN2O2. The van der Waals surface area contributed by atoms with Gasteiger partial charge in [0.1, 0.15) is 5.82 Å². The number of ether oxygens (including phenoxy) is 1. The van der Waals surface area contributed by atoms with Crippen LogP contribution >= 0.6 is 12.4 Å². The number of fused-ring (bicyclic) bond motifs is 1. The molecule has 1 aromatic rings. The second-order valence-electron chi connectivity index (χ2n) is 2.87. The van der Waals surface area contributed by atoms with Crippen LogP contribution in [0.15, 0.2) is 12.1 Å². The third-order valence-electron chi connectivity index (χ3n) is 2.06. The lowest BCUT2D eigenvalue weighted by molar-refractivity contribution is 0.0594. The highest BCUT2D eigenvalue weighted by Crippen LogP contribution is 2.19. The number of rotatable bonds is 1. The SMILES string of the molecule is COC(=O)c1ccc2c(n1)NCC2.Cl. The molecule has 0 unspecified atom stereocenters. The third-order valence-corrected chi connectivity index (χ3v) is 2.06. The Labute approximate surface area is 88.1 Å². The molecule has 0 radical (unpaired) electrons. The molecule has 76 valence electrons. The van der Waals surface area contributed by atoms with Crippen molar-refractivity contribution in [1.82, 2.24) is 4.98 Å². The number of aromatic nitrogens is 1. The minimum atomic E-state index is -0.392. The largest absolute Gasteiger partial charge is 0.464 e. The minimum Gasteiger partial charge on any atom is -0.464 e. The van der Waals surface area contributed by atoms with E-state index in [1.54, 1.807) is 6.07 Å². The van der Waals surface area contributed by atoms with Gasteiger partial charge in [0.2, 0.25) is 0 Å².